The molecule has 1 N–H and O–H groups in total. The van der Waals surface area contributed by atoms with Crippen LogP contribution in [-0.4, -0.2) is 41.8 Å². The third-order valence-corrected chi connectivity index (χ3v) is 4.35. The van der Waals surface area contributed by atoms with Crippen LogP contribution >= 0.6 is 0 Å². The first kappa shape index (κ1) is 17.0. The molecule has 1 aromatic rings. The Labute approximate surface area is 133 Å². The smallest absolute Gasteiger partial charge is 0.313 e. The van der Waals surface area contributed by atoms with Gasteiger partial charge in [-0.15, -0.1) is 0 Å². The molecule has 0 saturated carbocycles. The van der Waals surface area contributed by atoms with E-state index in [4.69, 9.17) is 4.74 Å². The molecule has 122 valence electrons. The average molecular weight is 305 g/mol. The van der Waals surface area contributed by atoms with Crippen molar-refractivity contribution in [2.75, 3.05) is 19.7 Å². The van der Waals surface area contributed by atoms with Crippen LogP contribution in [0, 0.1) is 12.8 Å². The van der Waals surface area contributed by atoms with Gasteiger partial charge in [0.05, 0.1) is 18.8 Å². The largest absolute Gasteiger partial charge is 0.466 e. The zero-order valence-corrected chi connectivity index (χ0v) is 13.8. The molecule has 1 heterocycles. The minimum Gasteiger partial charge on any atom is -0.466 e. The highest BCUT2D eigenvalue weighted by atomic mass is 16.5. The average Bonchev–Trinajstić information content (AvgIpc) is 2.82. The minimum absolute atomic E-state index is 0.0961. The summed E-state index contributed by atoms with van der Waals surface area (Å²) >= 11 is 0. The standard InChI is InChI=1S/C18H27NO3/c1-4-6-11-19-12-15(20)16(18(21)22-5-2)17(19)14-9-7-13(3)8-10-14/h7-10,15-17,20H,4-6,11-12H2,1-3H3/t15-,16+,17-/m1/s1. The van der Waals surface area contributed by atoms with Gasteiger partial charge in [0, 0.05) is 6.54 Å². The van der Waals surface area contributed by atoms with Crippen molar-refractivity contribution in [3.63, 3.8) is 0 Å². The number of hydrogen-bond acceptors (Lipinski definition) is 4. The number of hydrogen-bond donors (Lipinski definition) is 1. The highest BCUT2D eigenvalue weighted by molar-refractivity contribution is 5.75. The maximum absolute atomic E-state index is 12.3. The lowest BCUT2D eigenvalue weighted by Crippen LogP contribution is -2.31. The number of carbonyl (C=O) groups is 1. The van der Waals surface area contributed by atoms with Crippen molar-refractivity contribution in [3.05, 3.63) is 35.4 Å². The number of rotatable bonds is 6. The van der Waals surface area contributed by atoms with Crippen LogP contribution in [0.25, 0.3) is 0 Å². The summed E-state index contributed by atoms with van der Waals surface area (Å²) < 4.78 is 5.20. The summed E-state index contributed by atoms with van der Waals surface area (Å²) in [6, 6.07) is 8.13. The fourth-order valence-electron chi connectivity index (χ4n) is 3.20. The lowest BCUT2D eigenvalue weighted by Gasteiger charge is -2.27. The quantitative estimate of drug-likeness (QED) is 0.821. The summed E-state index contributed by atoms with van der Waals surface area (Å²) in [6.07, 6.45) is 1.49. The zero-order chi connectivity index (χ0) is 16.1. The predicted octanol–water partition coefficient (Wildman–Crippen LogP) is 2.69. The third-order valence-electron chi connectivity index (χ3n) is 4.35. The Kier molecular flexibility index (Phi) is 5.98. The Hall–Kier alpha value is -1.39. The number of carbonyl (C=O) groups excluding carboxylic acids is 1. The van der Waals surface area contributed by atoms with Gasteiger partial charge in [-0.1, -0.05) is 43.2 Å². The van der Waals surface area contributed by atoms with Gasteiger partial charge in [0.15, 0.2) is 0 Å². The molecule has 0 aromatic heterocycles. The minimum atomic E-state index is -0.665. The molecule has 1 aliphatic heterocycles. The molecule has 4 nitrogen and oxygen atoms in total. The molecule has 0 amide bonds. The second-order valence-electron chi connectivity index (χ2n) is 6.05. The molecule has 1 saturated heterocycles. The highest BCUT2D eigenvalue weighted by Gasteiger charge is 2.46. The fraction of sp³-hybridized carbons (Fsp3) is 0.611. The van der Waals surface area contributed by atoms with Crippen LogP contribution in [-0.2, 0) is 9.53 Å². The number of benzene rings is 1. The molecule has 1 aliphatic rings. The van der Waals surface area contributed by atoms with Crippen LogP contribution in [0.3, 0.4) is 0 Å². The van der Waals surface area contributed by atoms with Gasteiger partial charge in [0.25, 0.3) is 0 Å². The summed E-state index contributed by atoms with van der Waals surface area (Å²) in [6.45, 7) is 7.76. The maximum atomic E-state index is 12.3. The second kappa shape index (κ2) is 7.75. The monoisotopic (exact) mass is 305 g/mol. The summed E-state index contributed by atoms with van der Waals surface area (Å²) in [4.78, 5) is 14.5. The molecule has 0 spiro atoms. The van der Waals surface area contributed by atoms with E-state index >= 15 is 0 Å². The molecule has 1 aromatic carbocycles. The number of esters is 1. The molecule has 0 radical (unpaired) electrons. The number of aliphatic hydroxyl groups excluding tert-OH is 1. The number of aryl methyl sites for hydroxylation is 1. The number of ether oxygens (including phenoxy) is 1. The Morgan fingerprint density at radius 2 is 2.00 bits per heavy atom. The normalized spacial score (nSPS) is 25.4. The summed E-state index contributed by atoms with van der Waals surface area (Å²) in [5.41, 5.74) is 2.27. The fourth-order valence-corrected chi connectivity index (χ4v) is 3.20. The number of aliphatic hydroxyl groups is 1. The zero-order valence-electron chi connectivity index (χ0n) is 13.8. The van der Waals surface area contributed by atoms with Gasteiger partial charge >= 0.3 is 5.97 Å². The van der Waals surface area contributed by atoms with Crippen molar-refractivity contribution in [2.45, 2.75) is 45.8 Å². The number of unbranched alkanes of at least 4 members (excludes halogenated alkanes) is 1. The van der Waals surface area contributed by atoms with E-state index in [9.17, 15) is 9.90 Å². The first-order chi connectivity index (χ1) is 10.6. The van der Waals surface area contributed by atoms with Gasteiger partial charge in [0.2, 0.25) is 0 Å². The summed E-state index contributed by atoms with van der Waals surface area (Å²) in [5, 5.41) is 10.4. The van der Waals surface area contributed by atoms with Crippen LogP contribution in [0.4, 0.5) is 0 Å². The van der Waals surface area contributed by atoms with Crippen molar-refractivity contribution < 1.29 is 14.6 Å². The Balaban J connectivity index is 2.29. The Morgan fingerprint density at radius 1 is 1.32 bits per heavy atom. The molecule has 1 fully saturated rings. The van der Waals surface area contributed by atoms with E-state index in [2.05, 4.69) is 36.1 Å². The Morgan fingerprint density at radius 3 is 2.59 bits per heavy atom. The Bertz CT molecular complexity index is 486. The SMILES string of the molecule is CCCCN1C[C@@H](O)[C@H](C(=O)OCC)[C@H]1c1ccc(C)cc1. The third kappa shape index (κ3) is 3.68. The highest BCUT2D eigenvalue weighted by Crippen LogP contribution is 2.38. The lowest BCUT2D eigenvalue weighted by atomic mass is 9.91. The van der Waals surface area contributed by atoms with Gasteiger partial charge in [-0.2, -0.15) is 0 Å². The van der Waals surface area contributed by atoms with Crippen LogP contribution in [0.5, 0.6) is 0 Å². The molecule has 22 heavy (non-hydrogen) atoms. The van der Waals surface area contributed by atoms with Crippen molar-refractivity contribution in [2.24, 2.45) is 5.92 Å². The first-order valence-corrected chi connectivity index (χ1v) is 8.23. The summed E-state index contributed by atoms with van der Waals surface area (Å²) in [7, 11) is 0. The molecule has 0 aliphatic carbocycles. The van der Waals surface area contributed by atoms with E-state index in [1.165, 1.54) is 5.56 Å². The van der Waals surface area contributed by atoms with Crippen LogP contribution < -0.4 is 0 Å². The van der Waals surface area contributed by atoms with Crippen molar-refractivity contribution in [1.29, 1.82) is 0 Å². The van der Waals surface area contributed by atoms with Crippen LogP contribution in [0.2, 0.25) is 0 Å². The molecule has 2 rings (SSSR count). The van der Waals surface area contributed by atoms with Gasteiger partial charge in [-0.05, 0) is 32.4 Å². The topological polar surface area (TPSA) is 49.8 Å². The van der Waals surface area contributed by atoms with E-state index < -0.39 is 12.0 Å². The van der Waals surface area contributed by atoms with Crippen LogP contribution in [0.15, 0.2) is 24.3 Å². The van der Waals surface area contributed by atoms with Gasteiger partial charge in [-0.25, -0.2) is 0 Å². The van der Waals surface area contributed by atoms with Crippen molar-refractivity contribution in [3.8, 4) is 0 Å². The van der Waals surface area contributed by atoms with Gasteiger partial charge in [-0.3, -0.25) is 9.69 Å². The van der Waals surface area contributed by atoms with Crippen molar-refractivity contribution >= 4 is 5.97 Å². The molecular formula is C18H27NO3. The van der Waals surface area contributed by atoms with Crippen molar-refractivity contribution in [1.82, 2.24) is 4.90 Å². The molecule has 0 unspecified atom stereocenters. The van der Waals surface area contributed by atoms with E-state index in [-0.39, 0.29) is 12.0 Å². The predicted molar refractivity (Wildman–Crippen MR) is 86.5 cm³/mol. The maximum Gasteiger partial charge on any atom is 0.313 e. The van der Waals surface area contributed by atoms with E-state index in [1.54, 1.807) is 6.92 Å². The molecule has 0 bridgehead atoms. The molecule has 3 atom stereocenters. The number of likely N-dealkylation sites (tertiary alicyclic amines) is 1. The van der Waals surface area contributed by atoms with Gasteiger partial charge < -0.3 is 9.84 Å². The lowest BCUT2D eigenvalue weighted by molar-refractivity contribution is -0.151. The van der Waals surface area contributed by atoms with E-state index in [0.29, 0.717) is 13.2 Å². The van der Waals surface area contributed by atoms with Crippen LogP contribution in [0.1, 0.15) is 43.9 Å². The second-order valence-corrected chi connectivity index (χ2v) is 6.05. The van der Waals surface area contributed by atoms with E-state index in [0.717, 1.165) is 24.9 Å². The van der Waals surface area contributed by atoms with E-state index in [1.807, 2.05) is 6.92 Å². The molecule has 4 heteroatoms. The summed E-state index contributed by atoms with van der Waals surface area (Å²) in [5.74, 6) is -0.793. The number of β-amino-alcohol motifs (C(OH)–C–C–N with tert-alkyl or cyclic N) is 1. The first-order valence-electron chi connectivity index (χ1n) is 8.23. The molecular weight excluding hydrogens is 278 g/mol. The number of nitrogens with zero attached hydrogens (tertiary/aromatic N) is 1. The van der Waals surface area contributed by atoms with Gasteiger partial charge in [0.1, 0.15) is 5.92 Å².